The summed E-state index contributed by atoms with van der Waals surface area (Å²) in [5.41, 5.74) is 8.09. The average molecular weight is 299 g/mol. The first-order valence-corrected chi connectivity index (χ1v) is 7.28. The number of imidazole rings is 1. The molecule has 1 aromatic heterocycles. The Kier molecular flexibility index (Phi) is 4.46. The van der Waals surface area contributed by atoms with E-state index < -0.39 is 0 Å². The number of nitrogens with zero attached hydrogens (tertiary/aromatic N) is 2. The molecule has 4 nitrogen and oxygen atoms in total. The first-order chi connectivity index (χ1) is 10.8. The van der Waals surface area contributed by atoms with E-state index in [2.05, 4.69) is 9.55 Å². The molecule has 0 saturated carbocycles. The zero-order valence-electron chi connectivity index (χ0n) is 12.2. The van der Waals surface area contributed by atoms with Gasteiger partial charge in [-0.05, 0) is 24.3 Å². The molecule has 2 N–H and O–H groups in total. The summed E-state index contributed by atoms with van der Waals surface area (Å²) in [5, 5.41) is 0. The summed E-state index contributed by atoms with van der Waals surface area (Å²) >= 11 is 0. The predicted molar refractivity (Wildman–Crippen MR) is 85.0 cm³/mol. The third kappa shape index (κ3) is 3.00. The highest BCUT2D eigenvalue weighted by Crippen LogP contribution is 2.25. The highest BCUT2D eigenvalue weighted by atomic mass is 19.1. The van der Waals surface area contributed by atoms with Gasteiger partial charge in [-0.2, -0.15) is 0 Å². The molecule has 0 aliphatic rings. The van der Waals surface area contributed by atoms with E-state index in [1.54, 1.807) is 6.07 Å². The molecule has 3 rings (SSSR count). The van der Waals surface area contributed by atoms with Crippen molar-refractivity contribution >= 4 is 11.0 Å². The number of fused-ring (bicyclic) bond motifs is 1. The normalized spacial score (nSPS) is 11.2. The Morgan fingerprint density at radius 1 is 1.09 bits per heavy atom. The average Bonchev–Trinajstić information content (AvgIpc) is 2.90. The monoisotopic (exact) mass is 299 g/mol. The molecule has 0 spiro atoms. The van der Waals surface area contributed by atoms with Crippen LogP contribution >= 0.6 is 0 Å². The second-order valence-electron chi connectivity index (χ2n) is 4.99. The van der Waals surface area contributed by atoms with Crippen molar-refractivity contribution in [2.45, 2.75) is 6.54 Å². The van der Waals surface area contributed by atoms with E-state index in [1.807, 2.05) is 30.3 Å². The number of rotatable bonds is 6. The summed E-state index contributed by atoms with van der Waals surface area (Å²) in [6.45, 7) is 2.22. The fourth-order valence-corrected chi connectivity index (χ4v) is 2.49. The number of halogens is 1. The summed E-state index contributed by atoms with van der Waals surface area (Å²) in [4.78, 5) is 4.64. The van der Waals surface area contributed by atoms with Gasteiger partial charge in [0, 0.05) is 18.7 Å². The third-order valence-electron chi connectivity index (χ3n) is 3.46. The summed E-state index contributed by atoms with van der Waals surface area (Å²) in [6.07, 6.45) is 0. The fraction of sp³-hybridized carbons (Fsp3) is 0.235. The standard InChI is InChI=1S/C17H18FN3O/c18-14-5-3-4-13(12-14)17-20-15-6-1-2-7-16(15)21(17)9-11-22-10-8-19/h1-7,12H,8-11,19H2. The first-order valence-electron chi connectivity index (χ1n) is 7.28. The maximum absolute atomic E-state index is 13.5. The zero-order valence-corrected chi connectivity index (χ0v) is 12.2. The minimum Gasteiger partial charge on any atom is -0.378 e. The number of ether oxygens (including phenoxy) is 1. The quantitative estimate of drug-likeness (QED) is 0.712. The van der Waals surface area contributed by atoms with Gasteiger partial charge in [-0.15, -0.1) is 0 Å². The van der Waals surface area contributed by atoms with Gasteiger partial charge >= 0.3 is 0 Å². The van der Waals surface area contributed by atoms with Crippen LogP contribution < -0.4 is 5.73 Å². The van der Waals surface area contributed by atoms with Gasteiger partial charge in [-0.3, -0.25) is 0 Å². The van der Waals surface area contributed by atoms with Crippen LogP contribution in [0.3, 0.4) is 0 Å². The van der Waals surface area contributed by atoms with Crippen molar-refractivity contribution in [2.24, 2.45) is 5.73 Å². The van der Waals surface area contributed by atoms with Crippen molar-refractivity contribution in [3.8, 4) is 11.4 Å². The highest BCUT2D eigenvalue weighted by Gasteiger charge is 2.12. The predicted octanol–water partition coefficient (Wildman–Crippen LogP) is 2.82. The molecule has 0 radical (unpaired) electrons. The molecule has 114 valence electrons. The molecule has 2 aromatic carbocycles. The third-order valence-corrected chi connectivity index (χ3v) is 3.46. The maximum atomic E-state index is 13.5. The van der Waals surface area contributed by atoms with Gasteiger partial charge in [0.05, 0.1) is 24.2 Å². The number of nitrogens with two attached hydrogens (primary N) is 1. The Morgan fingerprint density at radius 3 is 2.77 bits per heavy atom. The van der Waals surface area contributed by atoms with E-state index in [4.69, 9.17) is 10.5 Å². The molecule has 5 heteroatoms. The summed E-state index contributed by atoms with van der Waals surface area (Å²) in [6, 6.07) is 14.4. The van der Waals surface area contributed by atoms with Crippen LogP contribution in [-0.4, -0.2) is 29.3 Å². The van der Waals surface area contributed by atoms with Crippen molar-refractivity contribution in [1.82, 2.24) is 9.55 Å². The van der Waals surface area contributed by atoms with E-state index in [9.17, 15) is 4.39 Å². The van der Waals surface area contributed by atoms with Gasteiger partial charge in [0.1, 0.15) is 11.6 Å². The van der Waals surface area contributed by atoms with Crippen LogP contribution in [-0.2, 0) is 11.3 Å². The Balaban J connectivity index is 2.00. The molecule has 1 heterocycles. The second-order valence-corrected chi connectivity index (χ2v) is 4.99. The number of hydrogen-bond donors (Lipinski definition) is 1. The second kappa shape index (κ2) is 6.68. The maximum Gasteiger partial charge on any atom is 0.141 e. The minimum absolute atomic E-state index is 0.268. The fourth-order valence-electron chi connectivity index (χ4n) is 2.49. The largest absolute Gasteiger partial charge is 0.378 e. The molecule has 3 aromatic rings. The summed E-state index contributed by atoms with van der Waals surface area (Å²) < 4.78 is 21.0. The number of aromatic nitrogens is 2. The number of hydrogen-bond acceptors (Lipinski definition) is 3. The van der Waals surface area contributed by atoms with Crippen molar-refractivity contribution in [3.05, 3.63) is 54.3 Å². The van der Waals surface area contributed by atoms with Gasteiger partial charge in [0.15, 0.2) is 0 Å². The number of benzene rings is 2. The minimum atomic E-state index is -0.268. The summed E-state index contributed by atoms with van der Waals surface area (Å²) in [5.74, 6) is 0.479. The van der Waals surface area contributed by atoms with Crippen LogP contribution in [0.25, 0.3) is 22.4 Å². The van der Waals surface area contributed by atoms with Gasteiger partial charge < -0.3 is 15.0 Å². The van der Waals surface area contributed by atoms with Gasteiger partial charge in [0.2, 0.25) is 0 Å². The van der Waals surface area contributed by atoms with Crippen molar-refractivity contribution in [1.29, 1.82) is 0 Å². The first kappa shape index (κ1) is 14.7. The summed E-state index contributed by atoms with van der Waals surface area (Å²) in [7, 11) is 0. The van der Waals surface area contributed by atoms with E-state index in [0.717, 1.165) is 22.4 Å². The van der Waals surface area contributed by atoms with E-state index in [-0.39, 0.29) is 5.82 Å². The Hall–Kier alpha value is -2.24. The van der Waals surface area contributed by atoms with Gasteiger partial charge in [0.25, 0.3) is 0 Å². The highest BCUT2D eigenvalue weighted by molar-refractivity contribution is 5.80. The van der Waals surface area contributed by atoms with Gasteiger partial charge in [-0.1, -0.05) is 24.3 Å². The SMILES string of the molecule is NCCOCCn1c(-c2cccc(F)c2)nc2ccccc21. The molecular formula is C17H18FN3O. The van der Waals surface area contributed by atoms with Crippen LogP contribution in [0.1, 0.15) is 0 Å². The lowest BCUT2D eigenvalue weighted by Crippen LogP contribution is -2.13. The molecule has 0 aliphatic carbocycles. The molecule has 0 saturated heterocycles. The van der Waals surface area contributed by atoms with Gasteiger partial charge in [-0.25, -0.2) is 9.37 Å². The van der Waals surface area contributed by atoms with Crippen molar-refractivity contribution in [2.75, 3.05) is 19.8 Å². The van der Waals surface area contributed by atoms with E-state index in [0.29, 0.717) is 26.3 Å². The van der Waals surface area contributed by atoms with E-state index in [1.165, 1.54) is 12.1 Å². The van der Waals surface area contributed by atoms with Crippen LogP contribution in [0.2, 0.25) is 0 Å². The molecule has 22 heavy (non-hydrogen) atoms. The lowest BCUT2D eigenvalue weighted by Gasteiger charge is -2.10. The molecule has 0 aliphatic heterocycles. The Bertz CT molecular complexity index is 769. The molecule has 0 fully saturated rings. The molecule has 0 bridgehead atoms. The molecule has 0 atom stereocenters. The topological polar surface area (TPSA) is 53.1 Å². The Labute approximate surface area is 128 Å². The van der Waals surface area contributed by atoms with Crippen LogP contribution in [0.4, 0.5) is 4.39 Å². The smallest absolute Gasteiger partial charge is 0.141 e. The zero-order chi connectivity index (χ0) is 15.4. The van der Waals surface area contributed by atoms with Crippen LogP contribution in [0.15, 0.2) is 48.5 Å². The molecule has 0 amide bonds. The number of para-hydroxylation sites is 2. The van der Waals surface area contributed by atoms with Crippen molar-refractivity contribution in [3.63, 3.8) is 0 Å². The van der Waals surface area contributed by atoms with Crippen LogP contribution in [0, 0.1) is 5.82 Å². The van der Waals surface area contributed by atoms with E-state index >= 15 is 0 Å². The molecular weight excluding hydrogens is 281 g/mol. The van der Waals surface area contributed by atoms with Crippen LogP contribution in [0.5, 0.6) is 0 Å². The lowest BCUT2D eigenvalue weighted by molar-refractivity contribution is 0.134. The lowest BCUT2D eigenvalue weighted by atomic mass is 10.2. The van der Waals surface area contributed by atoms with Crippen molar-refractivity contribution < 1.29 is 9.13 Å². The molecule has 0 unspecified atom stereocenters. The Morgan fingerprint density at radius 2 is 1.95 bits per heavy atom.